The monoisotopic (exact) mass is 196 g/mol. The Hall–Kier alpha value is -0.860. The maximum absolute atomic E-state index is 5.06. The second-order valence-corrected chi connectivity index (χ2v) is 2.63. The number of rotatable bonds is 4. The van der Waals surface area contributed by atoms with Crippen molar-refractivity contribution in [1.82, 2.24) is 0 Å². The van der Waals surface area contributed by atoms with E-state index in [1.807, 2.05) is 57.2 Å². The second kappa shape index (κ2) is 10.2. The van der Waals surface area contributed by atoms with Gasteiger partial charge in [-0.05, 0) is 20.8 Å². The molecular formula is C12H20O2. The zero-order valence-corrected chi connectivity index (χ0v) is 9.27. The molecule has 2 heteroatoms. The molecule has 14 heavy (non-hydrogen) atoms. The van der Waals surface area contributed by atoms with Crippen LogP contribution in [0.3, 0.4) is 0 Å². The van der Waals surface area contributed by atoms with Crippen molar-refractivity contribution in [2.24, 2.45) is 0 Å². The Morgan fingerprint density at radius 2 is 1.07 bits per heavy atom. The van der Waals surface area contributed by atoms with Gasteiger partial charge in [-0.1, -0.05) is 36.4 Å². The van der Waals surface area contributed by atoms with Crippen LogP contribution >= 0.6 is 0 Å². The van der Waals surface area contributed by atoms with Gasteiger partial charge in [-0.25, -0.2) is 0 Å². The first kappa shape index (κ1) is 13.1. The van der Waals surface area contributed by atoms with E-state index in [1.165, 1.54) is 0 Å². The molecule has 0 aromatic heterocycles. The fraction of sp³-hybridized carbons (Fsp3) is 0.500. The summed E-state index contributed by atoms with van der Waals surface area (Å²) in [4.78, 5) is 0. The molecule has 0 spiro atoms. The zero-order valence-electron chi connectivity index (χ0n) is 9.27. The molecular weight excluding hydrogens is 176 g/mol. The molecule has 0 radical (unpaired) electrons. The predicted molar refractivity (Wildman–Crippen MR) is 59.2 cm³/mol. The number of hydrogen-bond donors (Lipinski definition) is 0. The average molecular weight is 196 g/mol. The lowest BCUT2D eigenvalue weighted by atomic mass is 10.4. The highest BCUT2D eigenvalue weighted by Crippen LogP contribution is 1.90. The summed E-state index contributed by atoms with van der Waals surface area (Å²) in [6.07, 6.45) is -0.0370. The molecule has 0 fully saturated rings. The molecule has 0 atom stereocenters. The third-order valence-corrected chi connectivity index (χ3v) is 1.47. The maximum atomic E-state index is 5.06. The molecule has 0 aliphatic heterocycles. The number of ether oxygens (including phenoxy) is 2. The van der Waals surface area contributed by atoms with Gasteiger partial charge in [-0.15, -0.1) is 0 Å². The van der Waals surface area contributed by atoms with Gasteiger partial charge in [0, 0.05) is 13.2 Å². The lowest BCUT2D eigenvalue weighted by molar-refractivity contribution is -0.123. The van der Waals surface area contributed by atoms with E-state index in [-0.39, 0.29) is 6.29 Å². The molecule has 0 bridgehead atoms. The van der Waals surface area contributed by atoms with Crippen LogP contribution in [0.25, 0.3) is 0 Å². The lowest BCUT2D eigenvalue weighted by Gasteiger charge is -2.09. The molecule has 0 amide bonds. The molecule has 1 aromatic carbocycles. The second-order valence-electron chi connectivity index (χ2n) is 2.63. The average Bonchev–Trinajstić information content (AvgIpc) is 2.22. The van der Waals surface area contributed by atoms with Crippen LogP contribution < -0.4 is 0 Å². The first-order valence-corrected chi connectivity index (χ1v) is 5.04. The Bertz CT molecular complexity index is 154. The van der Waals surface area contributed by atoms with Gasteiger partial charge in [0.05, 0.1) is 0 Å². The van der Waals surface area contributed by atoms with Gasteiger partial charge in [0.1, 0.15) is 0 Å². The van der Waals surface area contributed by atoms with Gasteiger partial charge < -0.3 is 9.47 Å². The van der Waals surface area contributed by atoms with Crippen LogP contribution in [0.4, 0.5) is 0 Å². The maximum Gasteiger partial charge on any atom is 0.154 e. The van der Waals surface area contributed by atoms with E-state index in [2.05, 4.69) is 0 Å². The van der Waals surface area contributed by atoms with Gasteiger partial charge in [0.25, 0.3) is 0 Å². The van der Waals surface area contributed by atoms with E-state index in [1.54, 1.807) is 0 Å². The normalized spacial score (nSPS) is 9.43. The fourth-order valence-corrected chi connectivity index (χ4v) is 0.902. The minimum atomic E-state index is -0.0370. The van der Waals surface area contributed by atoms with Crippen molar-refractivity contribution < 1.29 is 9.47 Å². The van der Waals surface area contributed by atoms with Crippen molar-refractivity contribution in [2.75, 3.05) is 13.2 Å². The zero-order chi connectivity index (χ0) is 10.6. The molecule has 1 rings (SSSR count). The first-order valence-electron chi connectivity index (χ1n) is 5.04. The summed E-state index contributed by atoms with van der Waals surface area (Å²) in [5.74, 6) is 0. The van der Waals surface area contributed by atoms with Crippen molar-refractivity contribution >= 4 is 0 Å². The van der Waals surface area contributed by atoms with Gasteiger partial charge in [-0.2, -0.15) is 0 Å². The molecule has 0 aliphatic carbocycles. The third-order valence-electron chi connectivity index (χ3n) is 1.47. The van der Waals surface area contributed by atoms with Gasteiger partial charge in [0.2, 0.25) is 0 Å². The molecule has 0 aliphatic rings. The topological polar surface area (TPSA) is 18.5 Å². The lowest BCUT2D eigenvalue weighted by Crippen LogP contribution is -2.11. The summed E-state index contributed by atoms with van der Waals surface area (Å²) in [7, 11) is 0. The van der Waals surface area contributed by atoms with Crippen LogP contribution in [0.5, 0.6) is 0 Å². The largest absolute Gasteiger partial charge is 0.353 e. The summed E-state index contributed by atoms with van der Waals surface area (Å²) in [5, 5.41) is 0. The third kappa shape index (κ3) is 9.23. The van der Waals surface area contributed by atoms with E-state index < -0.39 is 0 Å². The molecule has 2 nitrogen and oxygen atoms in total. The summed E-state index contributed by atoms with van der Waals surface area (Å²) in [5.41, 5.74) is 0. The first-order chi connectivity index (χ1) is 6.81. The summed E-state index contributed by atoms with van der Waals surface area (Å²) >= 11 is 0. The van der Waals surface area contributed by atoms with Crippen LogP contribution in [0.15, 0.2) is 36.4 Å². The highest BCUT2D eigenvalue weighted by Gasteiger charge is 1.94. The van der Waals surface area contributed by atoms with E-state index in [0.29, 0.717) is 0 Å². The number of hydrogen-bond acceptors (Lipinski definition) is 2. The van der Waals surface area contributed by atoms with Crippen LogP contribution in [0.1, 0.15) is 20.8 Å². The summed E-state index contributed by atoms with van der Waals surface area (Å²) in [6, 6.07) is 12.0. The molecule has 0 N–H and O–H groups in total. The summed E-state index contributed by atoms with van der Waals surface area (Å²) < 4.78 is 10.1. The quantitative estimate of drug-likeness (QED) is 0.689. The Balaban J connectivity index is 0.000000249. The van der Waals surface area contributed by atoms with E-state index >= 15 is 0 Å². The van der Waals surface area contributed by atoms with Crippen molar-refractivity contribution in [3.8, 4) is 0 Å². The SMILES string of the molecule is CCOC(C)OCC.c1ccccc1. The Morgan fingerprint density at radius 3 is 1.29 bits per heavy atom. The Labute approximate surface area is 86.9 Å². The van der Waals surface area contributed by atoms with Gasteiger partial charge in [0.15, 0.2) is 6.29 Å². The van der Waals surface area contributed by atoms with E-state index in [9.17, 15) is 0 Å². The molecule has 1 aromatic rings. The highest BCUT2D eigenvalue weighted by molar-refractivity contribution is 4.99. The van der Waals surface area contributed by atoms with E-state index in [0.717, 1.165) is 13.2 Å². The fourth-order valence-electron chi connectivity index (χ4n) is 0.902. The van der Waals surface area contributed by atoms with Gasteiger partial charge >= 0.3 is 0 Å². The van der Waals surface area contributed by atoms with Crippen molar-refractivity contribution in [2.45, 2.75) is 27.1 Å². The van der Waals surface area contributed by atoms with Gasteiger partial charge in [-0.3, -0.25) is 0 Å². The van der Waals surface area contributed by atoms with Crippen LogP contribution in [0, 0.1) is 0 Å². The summed E-state index contributed by atoms with van der Waals surface area (Å²) in [6.45, 7) is 7.25. The van der Waals surface area contributed by atoms with E-state index in [4.69, 9.17) is 9.47 Å². The molecule has 0 saturated heterocycles. The Morgan fingerprint density at radius 1 is 0.786 bits per heavy atom. The highest BCUT2D eigenvalue weighted by atomic mass is 16.7. The van der Waals surface area contributed by atoms with Crippen LogP contribution in [-0.2, 0) is 9.47 Å². The van der Waals surface area contributed by atoms with Crippen molar-refractivity contribution in [3.63, 3.8) is 0 Å². The smallest absolute Gasteiger partial charge is 0.154 e. The molecule has 0 saturated carbocycles. The Kier molecular flexibility index (Phi) is 9.59. The van der Waals surface area contributed by atoms with Crippen LogP contribution in [-0.4, -0.2) is 19.5 Å². The predicted octanol–water partition coefficient (Wildman–Crippen LogP) is 3.09. The molecule has 0 unspecified atom stereocenters. The molecule has 80 valence electrons. The minimum Gasteiger partial charge on any atom is -0.353 e. The minimum absolute atomic E-state index is 0.0370. The standard InChI is InChI=1S/C6H14O2.C6H6/c1-4-7-6(3)8-5-2;1-2-4-6-5-3-1/h6H,4-5H2,1-3H3;1-6H. The molecule has 0 heterocycles. The van der Waals surface area contributed by atoms with Crippen LogP contribution in [0.2, 0.25) is 0 Å². The van der Waals surface area contributed by atoms with Crippen molar-refractivity contribution in [1.29, 1.82) is 0 Å². The number of benzene rings is 1. The van der Waals surface area contributed by atoms with Crippen molar-refractivity contribution in [3.05, 3.63) is 36.4 Å².